The van der Waals surface area contributed by atoms with E-state index in [0.717, 1.165) is 21.9 Å². The van der Waals surface area contributed by atoms with Crippen LogP contribution < -0.4 is 0 Å². The van der Waals surface area contributed by atoms with E-state index in [1.54, 1.807) is 0 Å². The largest absolute Gasteiger partial charge is 0.464 e. The zero-order valence-corrected chi connectivity index (χ0v) is 9.63. The molecule has 0 bridgehead atoms. The second-order valence-electron chi connectivity index (χ2n) is 4.14. The van der Waals surface area contributed by atoms with Gasteiger partial charge in [-0.05, 0) is 25.1 Å². The molecule has 1 aromatic carbocycles. The average Bonchev–Trinajstić information content (AvgIpc) is 2.86. The van der Waals surface area contributed by atoms with Gasteiger partial charge in [-0.2, -0.15) is 0 Å². The van der Waals surface area contributed by atoms with Gasteiger partial charge in [0.15, 0.2) is 0 Å². The van der Waals surface area contributed by atoms with Crippen molar-refractivity contribution in [2.75, 3.05) is 7.11 Å². The van der Waals surface area contributed by atoms with Crippen LogP contribution in [-0.2, 0) is 4.74 Å². The number of aromatic nitrogens is 2. The Hall–Kier alpha value is -2.23. The molecule has 0 unspecified atom stereocenters. The van der Waals surface area contributed by atoms with Crippen LogP contribution in [0.4, 0.5) is 0 Å². The fourth-order valence-corrected chi connectivity index (χ4v) is 2.11. The van der Waals surface area contributed by atoms with Gasteiger partial charge in [-0.3, -0.25) is 0 Å². The Balaban J connectivity index is 2.30. The summed E-state index contributed by atoms with van der Waals surface area (Å²) in [5.41, 5.74) is 3.58. The number of aromatic amines is 2. The number of rotatable bonds is 1. The molecule has 0 saturated carbocycles. The first-order valence-corrected chi connectivity index (χ1v) is 5.38. The molecular formula is C13H12N2O2. The first-order valence-electron chi connectivity index (χ1n) is 5.38. The van der Waals surface area contributed by atoms with Gasteiger partial charge in [0.1, 0.15) is 11.3 Å². The standard InChI is InChI=1S/C13H12N2O2/c1-7-3-4-10-8(5-7)9-6-11(13(16)17-2)15-12(9)14-10/h3-6,14-15H,1-2H3. The molecule has 17 heavy (non-hydrogen) atoms. The maximum Gasteiger partial charge on any atom is 0.354 e. The number of hydrogen-bond acceptors (Lipinski definition) is 2. The van der Waals surface area contributed by atoms with Crippen LogP contribution in [-0.4, -0.2) is 23.0 Å². The van der Waals surface area contributed by atoms with Crippen LogP contribution in [0.1, 0.15) is 16.1 Å². The van der Waals surface area contributed by atoms with Crippen LogP contribution in [0.25, 0.3) is 21.9 Å². The van der Waals surface area contributed by atoms with Gasteiger partial charge < -0.3 is 14.7 Å². The third kappa shape index (κ3) is 1.41. The van der Waals surface area contributed by atoms with E-state index in [-0.39, 0.29) is 5.97 Å². The topological polar surface area (TPSA) is 57.9 Å². The SMILES string of the molecule is COC(=O)c1cc2c([nH]1)[nH]c1ccc(C)cc12. The van der Waals surface area contributed by atoms with E-state index < -0.39 is 0 Å². The number of hydrogen-bond donors (Lipinski definition) is 2. The highest BCUT2D eigenvalue weighted by molar-refractivity contribution is 6.09. The van der Waals surface area contributed by atoms with Crippen molar-refractivity contribution in [2.45, 2.75) is 6.92 Å². The second kappa shape index (κ2) is 3.38. The van der Waals surface area contributed by atoms with Crippen molar-refractivity contribution < 1.29 is 9.53 Å². The smallest absolute Gasteiger partial charge is 0.354 e. The number of benzene rings is 1. The molecule has 4 heteroatoms. The van der Waals surface area contributed by atoms with Crippen molar-refractivity contribution in [3.8, 4) is 0 Å². The van der Waals surface area contributed by atoms with Gasteiger partial charge in [-0.15, -0.1) is 0 Å². The minimum atomic E-state index is -0.351. The van der Waals surface area contributed by atoms with Crippen LogP contribution in [0, 0.1) is 6.92 Å². The summed E-state index contributed by atoms with van der Waals surface area (Å²) in [7, 11) is 1.37. The molecule has 0 amide bonds. The molecule has 2 N–H and O–H groups in total. The molecule has 86 valence electrons. The number of carbonyl (C=O) groups is 1. The van der Waals surface area contributed by atoms with E-state index in [1.165, 1.54) is 12.7 Å². The molecule has 0 spiro atoms. The van der Waals surface area contributed by atoms with E-state index in [0.29, 0.717) is 5.69 Å². The van der Waals surface area contributed by atoms with Crippen molar-refractivity contribution in [3.63, 3.8) is 0 Å². The van der Waals surface area contributed by atoms with Crippen LogP contribution >= 0.6 is 0 Å². The number of fused-ring (bicyclic) bond motifs is 3. The highest BCUT2D eigenvalue weighted by Gasteiger charge is 2.13. The summed E-state index contributed by atoms with van der Waals surface area (Å²) in [5.74, 6) is -0.351. The summed E-state index contributed by atoms with van der Waals surface area (Å²) in [6.07, 6.45) is 0. The fraction of sp³-hybridized carbons (Fsp3) is 0.154. The summed E-state index contributed by atoms with van der Waals surface area (Å²) >= 11 is 0. The number of aryl methyl sites for hydroxylation is 1. The summed E-state index contributed by atoms with van der Waals surface area (Å²) in [6.45, 7) is 2.05. The van der Waals surface area contributed by atoms with Gasteiger partial charge in [-0.1, -0.05) is 11.6 Å². The number of methoxy groups -OCH3 is 1. The first kappa shape index (κ1) is 9.96. The summed E-state index contributed by atoms with van der Waals surface area (Å²) in [4.78, 5) is 17.7. The van der Waals surface area contributed by atoms with Gasteiger partial charge in [0.2, 0.25) is 0 Å². The van der Waals surface area contributed by atoms with Crippen LogP contribution in [0.2, 0.25) is 0 Å². The van der Waals surface area contributed by atoms with Crippen LogP contribution in [0.15, 0.2) is 24.3 Å². The number of carbonyl (C=O) groups excluding carboxylic acids is 1. The van der Waals surface area contributed by atoms with Crippen LogP contribution in [0.3, 0.4) is 0 Å². The van der Waals surface area contributed by atoms with E-state index in [1.807, 2.05) is 19.1 Å². The molecule has 3 aromatic rings. The molecule has 0 radical (unpaired) electrons. The Labute approximate surface area is 97.6 Å². The molecule has 3 rings (SSSR count). The lowest BCUT2D eigenvalue weighted by Gasteiger charge is -1.94. The lowest BCUT2D eigenvalue weighted by Crippen LogP contribution is -2.00. The van der Waals surface area contributed by atoms with Crippen molar-refractivity contribution >= 4 is 27.9 Å². The molecule has 0 aliphatic carbocycles. The zero-order valence-electron chi connectivity index (χ0n) is 9.63. The van der Waals surface area contributed by atoms with Crippen molar-refractivity contribution in [2.24, 2.45) is 0 Å². The molecule has 0 fully saturated rings. The predicted molar refractivity (Wildman–Crippen MR) is 66.2 cm³/mol. The van der Waals surface area contributed by atoms with Gasteiger partial charge in [-0.25, -0.2) is 4.79 Å². The van der Waals surface area contributed by atoms with Crippen LogP contribution in [0.5, 0.6) is 0 Å². The third-order valence-electron chi connectivity index (χ3n) is 2.95. The molecule has 0 saturated heterocycles. The Morgan fingerprint density at radius 2 is 2.00 bits per heavy atom. The number of nitrogens with one attached hydrogen (secondary N) is 2. The van der Waals surface area contributed by atoms with E-state index in [4.69, 9.17) is 0 Å². The predicted octanol–water partition coefficient (Wildman–Crippen LogP) is 2.74. The number of H-pyrrole nitrogens is 2. The maximum absolute atomic E-state index is 11.4. The summed E-state index contributed by atoms with van der Waals surface area (Å²) in [6, 6.07) is 8.01. The lowest BCUT2D eigenvalue weighted by molar-refractivity contribution is 0.0595. The maximum atomic E-state index is 11.4. The molecule has 0 atom stereocenters. The molecular weight excluding hydrogens is 216 g/mol. The monoisotopic (exact) mass is 228 g/mol. The molecule has 0 aliphatic rings. The van der Waals surface area contributed by atoms with Crippen molar-refractivity contribution in [1.82, 2.24) is 9.97 Å². The molecule has 4 nitrogen and oxygen atoms in total. The Morgan fingerprint density at radius 1 is 1.18 bits per heavy atom. The first-order chi connectivity index (χ1) is 8.19. The van der Waals surface area contributed by atoms with Gasteiger partial charge in [0, 0.05) is 16.3 Å². The Morgan fingerprint density at radius 3 is 2.76 bits per heavy atom. The van der Waals surface area contributed by atoms with E-state index >= 15 is 0 Å². The van der Waals surface area contributed by atoms with Crippen molar-refractivity contribution in [1.29, 1.82) is 0 Å². The van der Waals surface area contributed by atoms with E-state index in [9.17, 15) is 4.79 Å². The Kier molecular flexibility index (Phi) is 1.98. The number of esters is 1. The molecule has 2 aromatic heterocycles. The zero-order chi connectivity index (χ0) is 12.0. The highest BCUT2D eigenvalue weighted by Crippen LogP contribution is 2.26. The number of ether oxygens (including phenoxy) is 1. The normalized spacial score (nSPS) is 11.2. The fourth-order valence-electron chi connectivity index (χ4n) is 2.11. The van der Waals surface area contributed by atoms with Gasteiger partial charge in [0.05, 0.1) is 7.11 Å². The van der Waals surface area contributed by atoms with Gasteiger partial charge >= 0.3 is 5.97 Å². The quantitative estimate of drug-likeness (QED) is 0.629. The average molecular weight is 228 g/mol. The summed E-state index contributed by atoms with van der Waals surface area (Å²) < 4.78 is 4.69. The molecule has 2 heterocycles. The Bertz CT molecular complexity index is 722. The minimum absolute atomic E-state index is 0.351. The van der Waals surface area contributed by atoms with Gasteiger partial charge in [0.25, 0.3) is 0 Å². The third-order valence-corrected chi connectivity index (χ3v) is 2.95. The molecule has 0 aliphatic heterocycles. The second-order valence-corrected chi connectivity index (χ2v) is 4.14. The van der Waals surface area contributed by atoms with Crippen molar-refractivity contribution in [3.05, 3.63) is 35.5 Å². The highest BCUT2D eigenvalue weighted by atomic mass is 16.5. The van der Waals surface area contributed by atoms with E-state index in [2.05, 4.69) is 26.8 Å². The lowest BCUT2D eigenvalue weighted by atomic mass is 10.1. The minimum Gasteiger partial charge on any atom is -0.464 e. The summed E-state index contributed by atoms with van der Waals surface area (Å²) in [5, 5.41) is 2.13.